The molecular weight excluding hydrogens is 250 g/mol. The van der Waals surface area contributed by atoms with Gasteiger partial charge in [0.05, 0.1) is 12.8 Å². The fourth-order valence-electron chi connectivity index (χ4n) is 3.09. The van der Waals surface area contributed by atoms with E-state index < -0.39 is 0 Å². The highest BCUT2D eigenvalue weighted by atomic mass is 16.5. The van der Waals surface area contributed by atoms with Gasteiger partial charge in [0.2, 0.25) is 0 Å². The van der Waals surface area contributed by atoms with Gasteiger partial charge in [-0.15, -0.1) is 0 Å². The van der Waals surface area contributed by atoms with Crippen molar-refractivity contribution >= 4 is 0 Å². The molecule has 2 heterocycles. The maximum atomic E-state index is 5.36. The highest BCUT2D eigenvalue weighted by Gasteiger charge is 2.31. The Kier molecular flexibility index (Phi) is 4.22. The number of ether oxygens (including phenoxy) is 1. The van der Waals surface area contributed by atoms with Crippen molar-refractivity contribution in [3.8, 4) is 5.75 Å². The number of rotatable bonds is 6. The molecule has 1 aromatic heterocycles. The summed E-state index contributed by atoms with van der Waals surface area (Å²) in [4.78, 5) is 7.27. The SMILES string of the molecule is COc1cc(C)nc(CN(CC2CCCN2)C2CC2)c1. The molecule has 1 aliphatic carbocycles. The Balaban J connectivity index is 1.67. The van der Waals surface area contributed by atoms with Crippen molar-refractivity contribution in [3.05, 3.63) is 23.5 Å². The van der Waals surface area contributed by atoms with Crippen LogP contribution in [0.5, 0.6) is 5.75 Å². The lowest BCUT2D eigenvalue weighted by Crippen LogP contribution is -2.38. The van der Waals surface area contributed by atoms with Crippen LogP contribution in [0.2, 0.25) is 0 Å². The lowest BCUT2D eigenvalue weighted by Gasteiger charge is -2.25. The van der Waals surface area contributed by atoms with E-state index in [1.807, 2.05) is 13.0 Å². The highest BCUT2D eigenvalue weighted by Crippen LogP contribution is 2.29. The average Bonchev–Trinajstić information content (AvgIpc) is 3.16. The van der Waals surface area contributed by atoms with E-state index in [2.05, 4.69) is 21.3 Å². The summed E-state index contributed by atoms with van der Waals surface area (Å²) >= 11 is 0. The van der Waals surface area contributed by atoms with Crippen LogP contribution in [0.1, 0.15) is 37.1 Å². The number of methoxy groups -OCH3 is 1. The molecule has 110 valence electrons. The molecule has 2 fully saturated rings. The van der Waals surface area contributed by atoms with Gasteiger partial charge in [0.25, 0.3) is 0 Å². The number of hydrogen-bond acceptors (Lipinski definition) is 4. The zero-order valence-electron chi connectivity index (χ0n) is 12.6. The Hall–Kier alpha value is -1.13. The third-order valence-corrected chi connectivity index (χ3v) is 4.26. The van der Waals surface area contributed by atoms with Crippen LogP contribution >= 0.6 is 0 Å². The topological polar surface area (TPSA) is 37.4 Å². The minimum Gasteiger partial charge on any atom is -0.497 e. The standard InChI is InChI=1S/C16H25N3O/c1-12-8-16(20-2)9-14(18-12)11-19(15-5-6-15)10-13-4-3-7-17-13/h8-9,13,15,17H,3-7,10-11H2,1-2H3. The first-order chi connectivity index (χ1) is 9.74. The van der Waals surface area contributed by atoms with Gasteiger partial charge in [-0.1, -0.05) is 0 Å². The van der Waals surface area contributed by atoms with Gasteiger partial charge in [-0.2, -0.15) is 0 Å². The molecule has 0 bridgehead atoms. The molecule has 0 radical (unpaired) electrons. The first-order valence-corrected chi connectivity index (χ1v) is 7.73. The molecule has 2 aliphatic rings. The Labute approximate surface area is 121 Å². The minimum atomic E-state index is 0.669. The molecule has 1 saturated heterocycles. The van der Waals surface area contributed by atoms with Crippen LogP contribution in [0.15, 0.2) is 12.1 Å². The Bertz CT molecular complexity index is 453. The van der Waals surface area contributed by atoms with E-state index in [-0.39, 0.29) is 0 Å². The van der Waals surface area contributed by atoms with E-state index in [9.17, 15) is 0 Å². The second kappa shape index (κ2) is 6.10. The summed E-state index contributed by atoms with van der Waals surface area (Å²) in [5.41, 5.74) is 2.17. The van der Waals surface area contributed by atoms with Crippen molar-refractivity contribution in [2.75, 3.05) is 20.2 Å². The van der Waals surface area contributed by atoms with Gasteiger partial charge in [-0.3, -0.25) is 9.88 Å². The molecule has 0 aromatic carbocycles. The van der Waals surface area contributed by atoms with Gasteiger partial charge >= 0.3 is 0 Å². The summed E-state index contributed by atoms with van der Waals surface area (Å²) in [7, 11) is 1.72. The van der Waals surface area contributed by atoms with E-state index in [4.69, 9.17) is 4.74 Å². The first-order valence-electron chi connectivity index (χ1n) is 7.73. The van der Waals surface area contributed by atoms with Crippen molar-refractivity contribution in [2.24, 2.45) is 0 Å². The Morgan fingerprint density at radius 1 is 1.35 bits per heavy atom. The fourth-order valence-corrected chi connectivity index (χ4v) is 3.09. The predicted octanol–water partition coefficient (Wildman–Crippen LogP) is 2.12. The van der Waals surface area contributed by atoms with Gasteiger partial charge in [0.1, 0.15) is 5.75 Å². The molecule has 1 aliphatic heterocycles. The zero-order valence-corrected chi connectivity index (χ0v) is 12.6. The van der Waals surface area contributed by atoms with Crippen LogP contribution in [0.3, 0.4) is 0 Å². The second-order valence-corrected chi connectivity index (χ2v) is 6.09. The molecule has 0 spiro atoms. The third kappa shape index (κ3) is 3.49. The summed E-state index contributed by atoms with van der Waals surface area (Å²) < 4.78 is 5.36. The summed E-state index contributed by atoms with van der Waals surface area (Å²) in [6.07, 6.45) is 5.32. The molecule has 20 heavy (non-hydrogen) atoms. The summed E-state index contributed by atoms with van der Waals surface area (Å²) in [6.45, 7) is 5.31. The summed E-state index contributed by atoms with van der Waals surface area (Å²) in [5.74, 6) is 0.919. The van der Waals surface area contributed by atoms with Crippen LogP contribution in [0.4, 0.5) is 0 Å². The second-order valence-electron chi connectivity index (χ2n) is 6.09. The predicted molar refractivity (Wildman–Crippen MR) is 80.0 cm³/mol. The maximum absolute atomic E-state index is 5.36. The molecule has 1 aromatic rings. The van der Waals surface area contributed by atoms with Gasteiger partial charge in [0, 0.05) is 43.0 Å². The van der Waals surface area contributed by atoms with E-state index in [0.29, 0.717) is 6.04 Å². The van der Waals surface area contributed by atoms with Crippen LogP contribution in [0, 0.1) is 6.92 Å². The zero-order chi connectivity index (χ0) is 13.9. The van der Waals surface area contributed by atoms with Gasteiger partial charge < -0.3 is 10.1 Å². The van der Waals surface area contributed by atoms with Crippen molar-refractivity contribution in [2.45, 2.75) is 51.2 Å². The minimum absolute atomic E-state index is 0.669. The molecule has 1 N–H and O–H groups in total. The van der Waals surface area contributed by atoms with Crippen molar-refractivity contribution in [3.63, 3.8) is 0 Å². The number of nitrogens with one attached hydrogen (secondary N) is 1. The number of hydrogen-bond donors (Lipinski definition) is 1. The van der Waals surface area contributed by atoms with Crippen molar-refractivity contribution in [1.29, 1.82) is 0 Å². The van der Waals surface area contributed by atoms with Crippen molar-refractivity contribution < 1.29 is 4.74 Å². The Morgan fingerprint density at radius 2 is 2.20 bits per heavy atom. The summed E-state index contributed by atoms with van der Waals surface area (Å²) in [6, 6.07) is 5.50. The Morgan fingerprint density at radius 3 is 2.85 bits per heavy atom. The van der Waals surface area contributed by atoms with E-state index >= 15 is 0 Å². The van der Waals surface area contributed by atoms with Crippen LogP contribution in [0.25, 0.3) is 0 Å². The molecule has 1 unspecified atom stereocenters. The molecule has 3 rings (SSSR count). The van der Waals surface area contributed by atoms with Crippen LogP contribution < -0.4 is 10.1 Å². The molecule has 1 atom stereocenters. The molecule has 0 amide bonds. The maximum Gasteiger partial charge on any atom is 0.122 e. The van der Waals surface area contributed by atoms with Gasteiger partial charge in [-0.05, 0) is 39.2 Å². The van der Waals surface area contributed by atoms with E-state index in [1.165, 1.54) is 32.2 Å². The lowest BCUT2D eigenvalue weighted by molar-refractivity contribution is 0.228. The van der Waals surface area contributed by atoms with Crippen LogP contribution in [-0.2, 0) is 6.54 Å². The quantitative estimate of drug-likeness (QED) is 0.863. The average molecular weight is 275 g/mol. The number of aryl methyl sites for hydroxylation is 1. The number of aromatic nitrogens is 1. The molecule has 4 nitrogen and oxygen atoms in total. The fraction of sp³-hybridized carbons (Fsp3) is 0.688. The van der Waals surface area contributed by atoms with Crippen molar-refractivity contribution in [1.82, 2.24) is 15.2 Å². The van der Waals surface area contributed by atoms with Gasteiger partial charge in [0.15, 0.2) is 0 Å². The van der Waals surface area contributed by atoms with Crippen LogP contribution in [-0.4, -0.2) is 42.2 Å². The third-order valence-electron chi connectivity index (χ3n) is 4.26. The smallest absolute Gasteiger partial charge is 0.122 e. The lowest BCUT2D eigenvalue weighted by atomic mass is 10.2. The number of nitrogens with zero attached hydrogens (tertiary/aromatic N) is 2. The van der Waals surface area contributed by atoms with Gasteiger partial charge in [-0.25, -0.2) is 0 Å². The first kappa shape index (κ1) is 13.8. The molecule has 4 heteroatoms. The largest absolute Gasteiger partial charge is 0.497 e. The summed E-state index contributed by atoms with van der Waals surface area (Å²) in [5, 5.41) is 3.60. The molecule has 1 saturated carbocycles. The monoisotopic (exact) mass is 275 g/mol. The van der Waals surface area contributed by atoms with E-state index in [1.54, 1.807) is 7.11 Å². The normalized spacial score (nSPS) is 22.4. The number of pyridine rings is 1. The molecular formula is C16H25N3O. The van der Waals surface area contributed by atoms with E-state index in [0.717, 1.165) is 36.3 Å². The highest BCUT2D eigenvalue weighted by molar-refractivity contribution is 5.26.